The highest BCUT2D eigenvalue weighted by molar-refractivity contribution is 5.37. The Morgan fingerprint density at radius 1 is 1.14 bits per heavy atom. The molecule has 0 aliphatic carbocycles. The highest BCUT2D eigenvalue weighted by Gasteiger charge is 2.17. The first-order valence-electron chi connectivity index (χ1n) is 7.00. The van der Waals surface area contributed by atoms with Crippen LogP contribution in [0, 0.1) is 11.6 Å². The minimum absolute atomic E-state index is 0.351. The van der Waals surface area contributed by atoms with Crippen LogP contribution in [0.2, 0.25) is 0 Å². The second-order valence-corrected chi connectivity index (χ2v) is 4.81. The fourth-order valence-electron chi connectivity index (χ4n) is 2.24. The molecule has 0 saturated carbocycles. The zero-order valence-corrected chi connectivity index (χ0v) is 12.2. The minimum Gasteiger partial charge on any atom is -0.494 e. The molecule has 0 saturated heterocycles. The zero-order chi connectivity index (χ0) is 15.2. The van der Waals surface area contributed by atoms with Crippen LogP contribution >= 0.6 is 0 Å². The number of hydrogen-bond donors (Lipinski definition) is 1. The first kappa shape index (κ1) is 15.4. The molecule has 0 bridgehead atoms. The molecule has 1 unspecified atom stereocenters. The molecular formula is C17H19F2NO. The average molecular weight is 291 g/mol. The third-order valence-electron chi connectivity index (χ3n) is 3.23. The highest BCUT2D eigenvalue weighted by atomic mass is 19.1. The number of halogens is 2. The van der Waals surface area contributed by atoms with E-state index in [0.29, 0.717) is 12.2 Å². The van der Waals surface area contributed by atoms with Crippen LogP contribution in [0.4, 0.5) is 8.78 Å². The van der Waals surface area contributed by atoms with Gasteiger partial charge in [0.15, 0.2) is 0 Å². The summed E-state index contributed by atoms with van der Waals surface area (Å²) in [5.74, 6) is -0.391. The van der Waals surface area contributed by atoms with Crippen LogP contribution in [-0.4, -0.2) is 13.7 Å². The van der Waals surface area contributed by atoms with Gasteiger partial charge in [0, 0.05) is 11.6 Å². The summed E-state index contributed by atoms with van der Waals surface area (Å²) in [6.07, 6.45) is 0.923. The quantitative estimate of drug-likeness (QED) is 0.866. The second kappa shape index (κ2) is 7.18. The lowest BCUT2D eigenvalue weighted by molar-refractivity contribution is 0.317. The summed E-state index contributed by atoms with van der Waals surface area (Å²) >= 11 is 0. The van der Waals surface area contributed by atoms with E-state index >= 15 is 0 Å². The molecule has 2 rings (SSSR count). The molecule has 0 radical (unpaired) electrons. The van der Waals surface area contributed by atoms with Crippen molar-refractivity contribution in [3.05, 3.63) is 65.2 Å². The standard InChI is InChI=1S/C17H19F2NO/c1-3-9-21-14-6-4-5-12(10-14)17(20-2)15-8-7-13(18)11-16(15)19/h4-8,10-11,17,20H,3,9H2,1-2H3. The Labute approximate surface area is 123 Å². The monoisotopic (exact) mass is 291 g/mol. The minimum atomic E-state index is -0.578. The van der Waals surface area contributed by atoms with Gasteiger partial charge in [-0.2, -0.15) is 0 Å². The molecule has 21 heavy (non-hydrogen) atoms. The van der Waals surface area contributed by atoms with E-state index in [-0.39, 0.29) is 6.04 Å². The molecule has 0 heterocycles. The maximum absolute atomic E-state index is 14.0. The number of ether oxygens (including phenoxy) is 1. The third kappa shape index (κ3) is 3.79. The molecule has 0 aliphatic rings. The predicted molar refractivity (Wildman–Crippen MR) is 79.5 cm³/mol. The number of benzene rings is 2. The lowest BCUT2D eigenvalue weighted by atomic mass is 9.98. The third-order valence-corrected chi connectivity index (χ3v) is 3.23. The Kier molecular flexibility index (Phi) is 5.28. The van der Waals surface area contributed by atoms with Crippen molar-refractivity contribution in [2.75, 3.05) is 13.7 Å². The van der Waals surface area contributed by atoms with Gasteiger partial charge in [-0.15, -0.1) is 0 Å². The Morgan fingerprint density at radius 3 is 2.62 bits per heavy atom. The van der Waals surface area contributed by atoms with E-state index in [0.717, 1.165) is 23.8 Å². The summed E-state index contributed by atoms with van der Waals surface area (Å²) in [6, 6.07) is 10.8. The van der Waals surface area contributed by atoms with Crippen molar-refractivity contribution < 1.29 is 13.5 Å². The van der Waals surface area contributed by atoms with Gasteiger partial charge in [-0.05, 0) is 37.2 Å². The Balaban J connectivity index is 2.32. The van der Waals surface area contributed by atoms with Crippen LogP contribution in [0.1, 0.15) is 30.5 Å². The van der Waals surface area contributed by atoms with Crippen LogP contribution in [-0.2, 0) is 0 Å². The van der Waals surface area contributed by atoms with Crippen molar-refractivity contribution in [1.29, 1.82) is 0 Å². The molecule has 0 amide bonds. The van der Waals surface area contributed by atoms with Crippen LogP contribution < -0.4 is 10.1 Å². The largest absolute Gasteiger partial charge is 0.494 e. The highest BCUT2D eigenvalue weighted by Crippen LogP contribution is 2.27. The summed E-state index contributed by atoms with van der Waals surface area (Å²) in [7, 11) is 1.74. The van der Waals surface area contributed by atoms with Crippen LogP contribution in [0.15, 0.2) is 42.5 Å². The van der Waals surface area contributed by atoms with E-state index in [9.17, 15) is 8.78 Å². The van der Waals surface area contributed by atoms with E-state index in [4.69, 9.17) is 4.74 Å². The zero-order valence-electron chi connectivity index (χ0n) is 12.2. The topological polar surface area (TPSA) is 21.3 Å². The SMILES string of the molecule is CCCOc1cccc(C(NC)c2ccc(F)cc2F)c1. The molecular weight excluding hydrogens is 272 g/mol. The van der Waals surface area contributed by atoms with Crippen LogP contribution in [0.25, 0.3) is 0 Å². The Hall–Kier alpha value is -1.94. The Bertz CT molecular complexity index is 601. The molecule has 4 heteroatoms. The Morgan fingerprint density at radius 2 is 1.95 bits per heavy atom. The average Bonchev–Trinajstić information content (AvgIpc) is 2.48. The van der Waals surface area contributed by atoms with E-state index in [2.05, 4.69) is 5.32 Å². The lowest BCUT2D eigenvalue weighted by Gasteiger charge is -2.19. The van der Waals surface area contributed by atoms with Crippen molar-refractivity contribution in [1.82, 2.24) is 5.32 Å². The molecule has 2 nitrogen and oxygen atoms in total. The first-order chi connectivity index (χ1) is 10.2. The van der Waals surface area contributed by atoms with E-state index in [1.807, 2.05) is 31.2 Å². The fourth-order valence-corrected chi connectivity index (χ4v) is 2.24. The van der Waals surface area contributed by atoms with Crippen molar-refractivity contribution in [2.24, 2.45) is 0 Å². The van der Waals surface area contributed by atoms with Gasteiger partial charge in [-0.3, -0.25) is 0 Å². The van der Waals surface area contributed by atoms with E-state index in [1.165, 1.54) is 12.1 Å². The molecule has 0 aromatic heterocycles. The van der Waals surface area contributed by atoms with Gasteiger partial charge in [0.25, 0.3) is 0 Å². The van der Waals surface area contributed by atoms with Crippen LogP contribution in [0.5, 0.6) is 5.75 Å². The number of hydrogen-bond acceptors (Lipinski definition) is 2. The molecule has 0 aliphatic heterocycles. The summed E-state index contributed by atoms with van der Waals surface area (Å²) in [4.78, 5) is 0. The summed E-state index contributed by atoms with van der Waals surface area (Å²) in [5, 5.41) is 3.06. The molecule has 112 valence electrons. The van der Waals surface area contributed by atoms with Gasteiger partial charge >= 0.3 is 0 Å². The number of nitrogens with one attached hydrogen (secondary N) is 1. The summed E-state index contributed by atoms with van der Waals surface area (Å²) in [5.41, 5.74) is 1.28. The van der Waals surface area contributed by atoms with Gasteiger partial charge < -0.3 is 10.1 Å². The molecule has 0 fully saturated rings. The summed E-state index contributed by atoms with van der Waals surface area (Å²) < 4.78 is 32.6. The molecule has 2 aromatic carbocycles. The molecule has 0 spiro atoms. The van der Waals surface area contributed by atoms with Crippen LogP contribution in [0.3, 0.4) is 0 Å². The van der Waals surface area contributed by atoms with Crippen molar-refractivity contribution >= 4 is 0 Å². The molecule has 1 atom stereocenters. The number of rotatable bonds is 6. The van der Waals surface area contributed by atoms with Gasteiger partial charge in [0.2, 0.25) is 0 Å². The maximum Gasteiger partial charge on any atom is 0.131 e. The summed E-state index contributed by atoms with van der Waals surface area (Å²) in [6.45, 7) is 2.67. The molecule has 1 N–H and O–H groups in total. The van der Waals surface area contributed by atoms with Gasteiger partial charge in [-0.25, -0.2) is 8.78 Å². The maximum atomic E-state index is 14.0. The molecule has 2 aromatic rings. The van der Waals surface area contributed by atoms with Crippen molar-refractivity contribution in [3.63, 3.8) is 0 Å². The van der Waals surface area contributed by atoms with Crippen molar-refractivity contribution in [3.8, 4) is 5.75 Å². The smallest absolute Gasteiger partial charge is 0.131 e. The van der Waals surface area contributed by atoms with Gasteiger partial charge in [0.1, 0.15) is 17.4 Å². The van der Waals surface area contributed by atoms with Gasteiger partial charge in [-0.1, -0.05) is 25.1 Å². The lowest BCUT2D eigenvalue weighted by Crippen LogP contribution is -2.19. The van der Waals surface area contributed by atoms with Gasteiger partial charge in [0.05, 0.1) is 12.6 Å². The fraction of sp³-hybridized carbons (Fsp3) is 0.294. The van der Waals surface area contributed by atoms with Crippen molar-refractivity contribution in [2.45, 2.75) is 19.4 Å². The van der Waals surface area contributed by atoms with E-state index < -0.39 is 11.6 Å². The normalized spacial score (nSPS) is 12.2. The first-order valence-corrected chi connectivity index (χ1v) is 7.00. The van der Waals surface area contributed by atoms with E-state index in [1.54, 1.807) is 7.05 Å². The predicted octanol–water partition coefficient (Wildman–Crippen LogP) is 4.06. The second-order valence-electron chi connectivity index (χ2n) is 4.81.